The topological polar surface area (TPSA) is 18.5 Å². The Hall–Kier alpha value is -0.520. The van der Waals surface area contributed by atoms with E-state index in [1.54, 1.807) is 14.2 Å². The van der Waals surface area contributed by atoms with Crippen molar-refractivity contribution in [1.29, 1.82) is 0 Å². The minimum atomic E-state index is 0.0821. The van der Waals surface area contributed by atoms with E-state index in [2.05, 4.69) is 11.8 Å². The number of methoxy groups -OCH3 is 2. The minimum Gasteiger partial charge on any atom is -0.380 e. The molecule has 0 aliphatic heterocycles. The maximum atomic E-state index is 5.14. The second-order valence-corrected chi connectivity index (χ2v) is 2.34. The molecule has 0 saturated heterocycles. The van der Waals surface area contributed by atoms with Gasteiger partial charge in [0, 0.05) is 27.1 Å². The summed E-state index contributed by atoms with van der Waals surface area (Å²) < 4.78 is 10.2. The molecule has 1 rings (SSSR count). The van der Waals surface area contributed by atoms with E-state index in [1.165, 1.54) is 0 Å². The molecule has 0 heterocycles. The molecule has 0 aromatic carbocycles. The molecular formula is C8H12O2. The molecule has 0 bridgehead atoms. The molecule has 0 amide bonds. The first-order valence-corrected chi connectivity index (χ1v) is 3.40. The lowest BCUT2D eigenvalue weighted by Crippen LogP contribution is -2.22. The SMILES string of the molecule is COC1C#CCC(OC)C1. The highest BCUT2D eigenvalue weighted by Gasteiger charge is 2.15. The van der Waals surface area contributed by atoms with Gasteiger partial charge >= 0.3 is 0 Å². The van der Waals surface area contributed by atoms with Crippen molar-refractivity contribution >= 4 is 0 Å². The summed E-state index contributed by atoms with van der Waals surface area (Å²) in [4.78, 5) is 0. The average Bonchev–Trinajstić information content (AvgIpc) is 2.05. The van der Waals surface area contributed by atoms with Crippen LogP contribution in [0.1, 0.15) is 12.8 Å². The van der Waals surface area contributed by atoms with Crippen LogP contribution in [0.15, 0.2) is 0 Å². The molecule has 1 aliphatic carbocycles. The maximum Gasteiger partial charge on any atom is 0.120 e. The fourth-order valence-electron chi connectivity index (χ4n) is 1.00. The highest BCUT2D eigenvalue weighted by molar-refractivity contribution is 5.11. The Morgan fingerprint density at radius 1 is 1.30 bits per heavy atom. The van der Waals surface area contributed by atoms with E-state index in [0.29, 0.717) is 0 Å². The highest BCUT2D eigenvalue weighted by Crippen LogP contribution is 2.11. The molecule has 1 aliphatic rings. The second kappa shape index (κ2) is 3.60. The third kappa shape index (κ3) is 1.73. The Kier molecular flexibility index (Phi) is 2.73. The highest BCUT2D eigenvalue weighted by atomic mass is 16.5. The molecule has 0 radical (unpaired) electrons. The zero-order chi connectivity index (χ0) is 7.40. The van der Waals surface area contributed by atoms with Crippen LogP contribution in [0.3, 0.4) is 0 Å². The number of hydrogen-bond acceptors (Lipinski definition) is 2. The van der Waals surface area contributed by atoms with Crippen molar-refractivity contribution in [2.45, 2.75) is 25.0 Å². The van der Waals surface area contributed by atoms with Crippen LogP contribution in [-0.2, 0) is 9.47 Å². The largest absolute Gasteiger partial charge is 0.380 e. The molecule has 56 valence electrons. The van der Waals surface area contributed by atoms with Gasteiger partial charge in [0.05, 0.1) is 6.10 Å². The lowest BCUT2D eigenvalue weighted by atomic mass is 10.0. The molecule has 0 spiro atoms. The Bertz CT molecular complexity index is 154. The molecular weight excluding hydrogens is 128 g/mol. The molecule has 0 aromatic rings. The molecule has 2 unspecified atom stereocenters. The van der Waals surface area contributed by atoms with Gasteiger partial charge in [0.25, 0.3) is 0 Å². The molecule has 2 nitrogen and oxygen atoms in total. The fourth-order valence-corrected chi connectivity index (χ4v) is 1.00. The van der Waals surface area contributed by atoms with Crippen molar-refractivity contribution in [1.82, 2.24) is 0 Å². The normalized spacial score (nSPS) is 31.0. The maximum absolute atomic E-state index is 5.14. The summed E-state index contributed by atoms with van der Waals surface area (Å²) in [5.41, 5.74) is 0. The second-order valence-electron chi connectivity index (χ2n) is 2.34. The van der Waals surface area contributed by atoms with E-state index in [0.717, 1.165) is 12.8 Å². The van der Waals surface area contributed by atoms with E-state index in [1.807, 2.05) is 0 Å². The third-order valence-corrected chi connectivity index (χ3v) is 1.69. The molecule has 2 heteroatoms. The van der Waals surface area contributed by atoms with Gasteiger partial charge in [-0.1, -0.05) is 11.8 Å². The fraction of sp³-hybridized carbons (Fsp3) is 0.750. The van der Waals surface area contributed by atoms with Gasteiger partial charge in [-0.05, 0) is 0 Å². The van der Waals surface area contributed by atoms with Crippen LogP contribution in [-0.4, -0.2) is 26.4 Å². The van der Waals surface area contributed by atoms with Gasteiger partial charge < -0.3 is 9.47 Å². The van der Waals surface area contributed by atoms with Gasteiger partial charge in [-0.25, -0.2) is 0 Å². The first kappa shape index (κ1) is 7.59. The van der Waals surface area contributed by atoms with Crippen molar-refractivity contribution in [2.24, 2.45) is 0 Å². The summed E-state index contributed by atoms with van der Waals surface area (Å²) in [5, 5.41) is 0. The van der Waals surface area contributed by atoms with E-state index >= 15 is 0 Å². The van der Waals surface area contributed by atoms with Crippen LogP contribution in [0.4, 0.5) is 0 Å². The third-order valence-electron chi connectivity index (χ3n) is 1.69. The van der Waals surface area contributed by atoms with Crippen molar-refractivity contribution in [2.75, 3.05) is 14.2 Å². The molecule has 10 heavy (non-hydrogen) atoms. The summed E-state index contributed by atoms with van der Waals surface area (Å²) in [5.74, 6) is 5.97. The van der Waals surface area contributed by atoms with Gasteiger partial charge in [0.1, 0.15) is 6.10 Å². The minimum absolute atomic E-state index is 0.0821. The van der Waals surface area contributed by atoms with Crippen LogP contribution in [0, 0.1) is 11.8 Å². The van der Waals surface area contributed by atoms with E-state index in [9.17, 15) is 0 Å². The van der Waals surface area contributed by atoms with Gasteiger partial charge in [0.15, 0.2) is 0 Å². The standard InChI is InChI=1S/C8H12O2/c1-9-7-4-3-5-8(6-7)10-2/h7-8H,4,6H2,1-2H3. The summed E-state index contributed by atoms with van der Waals surface area (Å²) in [6.45, 7) is 0. The van der Waals surface area contributed by atoms with Gasteiger partial charge in [-0.3, -0.25) is 0 Å². The quantitative estimate of drug-likeness (QED) is 0.528. The first-order valence-electron chi connectivity index (χ1n) is 3.40. The van der Waals surface area contributed by atoms with Crippen molar-refractivity contribution in [3.63, 3.8) is 0 Å². The van der Waals surface area contributed by atoms with E-state index in [4.69, 9.17) is 9.47 Å². The van der Waals surface area contributed by atoms with Crippen LogP contribution < -0.4 is 0 Å². The summed E-state index contributed by atoms with van der Waals surface area (Å²) >= 11 is 0. The summed E-state index contributed by atoms with van der Waals surface area (Å²) in [6, 6.07) is 0. The Morgan fingerprint density at radius 2 is 2.10 bits per heavy atom. The van der Waals surface area contributed by atoms with Gasteiger partial charge in [0.2, 0.25) is 0 Å². The lowest BCUT2D eigenvalue weighted by molar-refractivity contribution is 0.0438. The van der Waals surface area contributed by atoms with Crippen molar-refractivity contribution in [3.8, 4) is 11.8 Å². The molecule has 0 saturated carbocycles. The van der Waals surface area contributed by atoms with E-state index in [-0.39, 0.29) is 12.2 Å². The molecule has 0 aromatic heterocycles. The smallest absolute Gasteiger partial charge is 0.120 e. The van der Waals surface area contributed by atoms with Gasteiger partial charge in [-0.15, -0.1) is 0 Å². The zero-order valence-corrected chi connectivity index (χ0v) is 6.39. The molecule has 2 atom stereocenters. The van der Waals surface area contributed by atoms with E-state index < -0.39 is 0 Å². The molecule has 0 N–H and O–H groups in total. The number of hydrogen-bond donors (Lipinski definition) is 0. The predicted octanol–water partition coefficient (Wildman–Crippen LogP) is 0.814. The van der Waals surface area contributed by atoms with Crippen molar-refractivity contribution < 1.29 is 9.47 Å². The number of ether oxygens (including phenoxy) is 2. The number of rotatable bonds is 2. The van der Waals surface area contributed by atoms with Crippen LogP contribution in [0.5, 0.6) is 0 Å². The lowest BCUT2D eigenvalue weighted by Gasteiger charge is -2.19. The Labute approximate surface area is 61.5 Å². The van der Waals surface area contributed by atoms with Gasteiger partial charge in [-0.2, -0.15) is 0 Å². The summed E-state index contributed by atoms with van der Waals surface area (Å²) in [7, 11) is 3.39. The first-order chi connectivity index (χ1) is 4.86. The molecule has 0 fully saturated rings. The Morgan fingerprint density at radius 3 is 2.70 bits per heavy atom. The summed E-state index contributed by atoms with van der Waals surface area (Å²) in [6.07, 6.45) is 2.10. The zero-order valence-electron chi connectivity index (χ0n) is 6.39. The Balaban J connectivity index is 2.42. The van der Waals surface area contributed by atoms with Crippen LogP contribution in [0.25, 0.3) is 0 Å². The van der Waals surface area contributed by atoms with Crippen molar-refractivity contribution in [3.05, 3.63) is 0 Å². The average molecular weight is 140 g/mol. The van der Waals surface area contributed by atoms with Crippen LogP contribution >= 0.6 is 0 Å². The predicted molar refractivity (Wildman–Crippen MR) is 38.6 cm³/mol. The van der Waals surface area contributed by atoms with Crippen LogP contribution in [0.2, 0.25) is 0 Å². The monoisotopic (exact) mass is 140 g/mol.